The average molecular weight is 347 g/mol. The van der Waals surface area contributed by atoms with Crippen molar-refractivity contribution in [3.63, 3.8) is 0 Å². The van der Waals surface area contributed by atoms with Crippen LogP contribution in [-0.4, -0.2) is 30.5 Å². The number of methoxy groups -OCH3 is 1. The van der Waals surface area contributed by atoms with Gasteiger partial charge >= 0.3 is 0 Å². The van der Waals surface area contributed by atoms with Gasteiger partial charge in [0, 0.05) is 11.6 Å². The van der Waals surface area contributed by atoms with E-state index in [1.54, 1.807) is 4.90 Å². The molecule has 3 rings (SSSR count). The molecule has 1 spiro atoms. The van der Waals surface area contributed by atoms with Crippen molar-refractivity contribution in [3.8, 4) is 5.75 Å². The normalized spacial score (nSPS) is 19.4. The van der Waals surface area contributed by atoms with Crippen LogP contribution in [-0.2, 0) is 0 Å². The van der Waals surface area contributed by atoms with Crippen LogP contribution in [0.3, 0.4) is 0 Å². The number of nitrogens with two attached hydrogens (primary N) is 2. The minimum absolute atomic E-state index is 0.00202. The third-order valence-corrected chi connectivity index (χ3v) is 4.74. The van der Waals surface area contributed by atoms with Crippen molar-refractivity contribution in [3.05, 3.63) is 23.5 Å². The van der Waals surface area contributed by atoms with Crippen LogP contribution in [0, 0.1) is 5.82 Å². The lowest BCUT2D eigenvalue weighted by molar-refractivity contribution is 0.101. The van der Waals surface area contributed by atoms with Gasteiger partial charge in [0.25, 0.3) is 0 Å². The number of anilines is 1. The van der Waals surface area contributed by atoms with Crippen molar-refractivity contribution in [2.45, 2.75) is 44.7 Å². The number of benzene rings is 1. The van der Waals surface area contributed by atoms with E-state index in [2.05, 4.69) is 9.98 Å². The molecule has 0 aromatic heterocycles. The number of halogens is 1. The lowest BCUT2D eigenvalue weighted by Crippen LogP contribution is -2.58. The molecule has 0 atom stereocenters. The third kappa shape index (κ3) is 2.92. The molecule has 8 heteroatoms. The summed E-state index contributed by atoms with van der Waals surface area (Å²) in [6, 6.07) is 2.64. The molecule has 134 valence electrons. The van der Waals surface area contributed by atoms with E-state index in [0.717, 1.165) is 19.3 Å². The summed E-state index contributed by atoms with van der Waals surface area (Å²) in [5.41, 5.74) is 11.9. The van der Waals surface area contributed by atoms with Crippen molar-refractivity contribution in [1.82, 2.24) is 0 Å². The Morgan fingerprint density at radius 2 is 1.96 bits per heavy atom. The van der Waals surface area contributed by atoms with Gasteiger partial charge in [-0.3, -0.25) is 9.69 Å². The zero-order valence-corrected chi connectivity index (χ0v) is 14.4. The number of ketones is 1. The Bertz CT molecular complexity index is 769. The minimum Gasteiger partial charge on any atom is -0.494 e. The topological polar surface area (TPSA) is 106 Å². The minimum atomic E-state index is -0.737. The molecule has 2 aliphatic rings. The summed E-state index contributed by atoms with van der Waals surface area (Å²) in [7, 11) is 1.35. The number of carbonyl (C=O) groups is 1. The molecule has 1 aromatic rings. The average Bonchev–Trinajstić information content (AvgIpc) is 2.54. The summed E-state index contributed by atoms with van der Waals surface area (Å²) in [6.45, 7) is 1.42. The number of aliphatic imine (C=N–C) groups is 2. The quantitative estimate of drug-likeness (QED) is 0.815. The summed E-state index contributed by atoms with van der Waals surface area (Å²) in [6.07, 6.45) is 4.37. The highest BCUT2D eigenvalue weighted by molar-refractivity contribution is 6.10. The summed E-state index contributed by atoms with van der Waals surface area (Å²) >= 11 is 0. The zero-order valence-electron chi connectivity index (χ0n) is 14.4. The van der Waals surface area contributed by atoms with Gasteiger partial charge in [-0.25, -0.2) is 9.38 Å². The number of carbonyl (C=O) groups excluding carboxylic acids is 1. The predicted octanol–water partition coefficient (Wildman–Crippen LogP) is 2.15. The van der Waals surface area contributed by atoms with Crippen LogP contribution in [0.15, 0.2) is 22.1 Å². The highest BCUT2D eigenvalue weighted by Gasteiger charge is 2.43. The fourth-order valence-electron chi connectivity index (χ4n) is 3.64. The Morgan fingerprint density at radius 1 is 1.28 bits per heavy atom. The Balaban J connectivity index is 2.20. The van der Waals surface area contributed by atoms with E-state index in [0.29, 0.717) is 24.1 Å². The number of hydrogen-bond acceptors (Lipinski definition) is 7. The van der Waals surface area contributed by atoms with Crippen molar-refractivity contribution in [2.75, 3.05) is 12.0 Å². The van der Waals surface area contributed by atoms with E-state index in [9.17, 15) is 9.18 Å². The fraction of sp³-hybridized carbons (Fsp3) is 0.471. The van der Waals surface area contributed by atoms with Gasteiger partial charge in [-0.2, -0.15) is 4.99 Å². The van der Waals surface area contributed by atoms with Crippen LogP contribution in [0.4, 0.5) is 10.1 Å². The molecule has 1 aliphatic heterocycles. The second-order valence-electron chi connectivity index (χ2n) is 6.38. The van der Waals surface area contributed by atoms with Gasteiger partial charge in [-0.05, 0) is 38.7 Å². The molecule has 0 radical (unpaired) electrons. The lowest BCUT2D eigenvalue weighted by Gasteiger charge is -2.46. The lowest BCUT2D eigenvalue weighted by atomic mass is 9.86. The van der Waals surface area contributed by atoms with Crippen LogP contribution >= 0.6 is 0 Å². The molecule has 1 aromatic carbocycles. The van der Waals surface area contributed by atoms with Gasteiger partial charge in [0.15, 0.2) is 17.3 Å². The fourth-order valence-corrected chi connectivity index (χ4v) is 3.64. The molecule has 0 bridgehead atoms. The number of rotatable bonds is 3. The van der Waals surface area contributed by atoms with Crippen molar-refractivity contribution >= 4 is 23.4 Å². The summed E-state index contributed by atoms with van der Waals surface area (Å²) in [5, 5.41) is 0. The van der Waals surface area contributed by atoms with Crippen molar-refractivity contribution in [1.29, 1.82) is 0 Å². The maximum absolute atomic E-state index is 14.4. The molecule has 25 heavy (non-hydrogen) atoms. The maximum Gasteiger partial charge on any atom is 0.220 e. The Hall–Kier alpha value is -2.64. The number of Topliss-reactive ketones (excluding diaryl/α,β-unsaturated/α-hetero) is 1. The SMILES string of the molecule is COc1cc(C(C)=O)c(N2C(N)=NC(N)=NC23CCCCC3)cc1F. The molecule has 0 amide bonds. The Labute approximate surface area is 145 Å². The summed E-state index contributed by atoms with van der Waals surface area (Å²) < 4.78 is 19.4. The van der Waals surface area contributed by atoms with Crippen molar-refractivity contribution < 1.29 is 13.9 Å². The van der Waals surface area contributed by atoms with E-state index >= 15 is 0 Å². The summed E-state index contributed by atoms with van der Waals surface area (Å²) in [5.74, 6) is -0.587. The van der Waals surface area contributed by atoms with E-state index in [1.165, 1.54) is 26.2 Å². The van der Waals surface area contributed by atoms with Crippen LogP contribution < -0.4 is 21.1 Å². The second-order valence-corrected chi connectivity index (χ2v) is 6.38. The molecule has 0 unspecified atom stereocenters. The van der Waals surface area contributed by atoms with Gasteiger partial charge in [-0.15, -0.1) is 0 Å². The number of hydrogen-bond donors (Lipinski definition) is 2. The first kappa shape index (κ1) is 17.2. The standard InChI is InChI=1S/C17H22FN5O2/c1-10(24)11-8-14(25-2)12(18)9-13(11)23-16(20)21-15(19)22-17(23)6-4-3-5-7-17/h8-9H,3-7H2,1-2H3,(H4,19,20,21,22). The largest absolute Gasteiger partial charge is 0.494 e. The van der Waals surface area contributed by atoms with Gasteiger partial charge in [0.1, 0.15) is 5.66 Å². The first-order chi connectivity index (χ1) is 11.9. The van der Waals surface area contributed by atoms with Gasteiger partial charge < -0.3 is 16.2 Å². The molecular weight excluding hydrogens is 325 g/mol. The highest BCUT2D eigenvalue weighted by Crippen LogP contribution is 2.41. The second kappa shape index (κ2) is 6.34. The monoisotopic (exact) mass is 347 g/mol. The first-order valence-corrected chi connectivity index (χ1v) is 8.26. The van der Waals surface area contributed by atoms with Gasteiger partial charge in [0.05, 0.1) is 12.8 Å². The van der Waals surface area contributed by atoms with E-state index < -0.39 is 11.5 Å². The third-order valence-electron chi connectivity index (χ3n) is 4.74. The molecule has 1 fully saturated rings. The van der Waals surface area contributed by atoms with Crippen molar-refractivity contribution in [2.24, 2.45) is 21.5 Å². The molecule has 1 heterocycles. The molecule has 1 aliphatic carbocycles. The van der Waals surface area contributed by atoms with Crippen LogP contribution in [0.25, 0.3) is 0 Å². The van der Waals surface area contributed by atoms with Crippen LogP contribution in [0.2, 0.25) is 0 Å². The zero-order chi connectivity index (χ0) is 18.2. The molecule has 0 saturated heterocycles. The number of ether oxygens (including phenoxy) is 1. The Morgan fingerprint density at radius 3 is 2.56 bits per heavy atom. The molecule has 7 nitrogen and oxygen atoms in total. The van der Waals surface area contributed by atoms with E-state index in [1.807, 2.05) is 0 Å². The predicted molar refractivity (Wildman–Crippen MR) is 94.5 cm³/mol. The summed E-state index contributed by atoms with van der Waals surface area (Å²) in [4.78, 5) is 22.4. The van der Waals surface area contributed by atoms with Gasteiger partial charge in [-0.1, -0.05) is 6.42 Å². The first-order valence-electron chi connectivity index (χ1n) is 8.26. The highest BCUT2D eigenvalue weighted by atomic mass is 19.1. The molecule has 1 saturated carbocycles. The Kier molecular flexibility index (Phi) is 4.36. The number of guanidine groups is 2. The van der Waals surface area contributed by atoms with E-state index in [-0.39, 0.29) is 23.5 Å². The number of nitrogens with zero attached hydrogens (tertiary/aromatic N) is 3. The van der Waals surface area contributed by atoms with Gasteiger partial charge in [0.2, 0.25) is 11.9 Å². The van der Waals surface area contributed by atoms with Crippen LogP contribution in [0.1, 0.15) is 49.4 Å². The van der Waals surface area contributed by atoms with E-state index in [4.69, 9.17) is 16.2 Å². The molecular formula is C17H22FN5O2. The molecule has 4 N–H and O–H groups in total. The smallest absolute Gasteiger partial charge is 0.220 e. The maximum atomic E-state index is 14.4. The van der Waals surface area contributed by atoms with Crippen LogP contribution in [0.5, 0.6) is 5.75 Å².